The molecule has 1 atom stereocenters. The van der Waals surface area contributed by atoms with Crippen molar-refractivity contribution in [2.24, 2.45) is 0 Å². The Hall–Kier alpha value is -1.21. The number of rotatable bonds is 1. The third-order valence-electron chi connectivity index (χ3n) is 6.32. The highest BCUT2D eigenvalue weighted by Gasteiger charge is 2.42. The predicted octanol–water partition coefficient (Wildman–Crippen LogP) is 2.01. The number of likely N-dealkylation sites (N-methyl/N-ethyl adjacent to an activating group) is 2. The lowest BCUT2D eigenvalue weighted by Gasteiger charge is -2.46. The fourth-order valence-corrected chi connectivity index (χ4v) is 4.65. The van der Waals surface area contributed by atoms with E-state index in [1.807, 2.05) is 31.3 Å². The van der Waals surface area contributed by atoms with Crippen LogP contribution in [0.2, 0.25) is 0 Å². The number of carbonyl (C=O) groups excluding carboxylic acids is 1. The first-order valence-electron chi connectivity index (χ1n) is 9.77. The largest absolute Gasteiger partial charge is 0.477 e. The zero-order valence-corrected chi connectivity index (χ0v) is 18.4. The molecule has 3 aliphatic heterocycles. The van der Waals surface area contributed by atoms with Crippen LogP contribution in [0.5, 0.6) is 5.75 Å². The smallest absolute Gasteiger partial charge is 0.265 e. The molecule has 1 aromatic rings. The molecule has 1 N–H and O–H groups in total. The fourth-order valence-electron chi connectivity index (χ4n) is 4.65. The van der Waals surface area contributed by atoms with Crippen LogP contribution in [0.15, 0.2) is 24.3 Å². The van der Waals surface area contributed by atoms with E-state index in [4.69, 9.17) is 4.74 Å². The van der Waals surface area contributed by atoms with Crippen LogP contribution >= 0.6 is 24.8 Å². The Labute approximate surface area is 180 Å². The van der Waals surface area contributed by atoms with Crippen molar-refractivity contribution in [3.05, 3.63) is 24.3 Å². The van der Waals surface area contributed by atoms with Crippen molar-refractivity contribution in [2.45, 2.75) is 30.9 Å². The van der Waals surface area contributed by atoms with Gasteiger partial charge in [-0.3, -0.25) is 9.69 Å². The number of nitrogens with zero attached hydrogens (tertiary/aromatic N) is 3. The second-order valence-corrected chi connectivity index (χ2v) is 7.96. The molecule has 158 valence electrons. The van der Waals surface area contributed by atoms with E-state index >= 15 is 0 Å². The first kappa shape index (κ1) is 23.1. The number of hydrogen-bond acceptors (Lipinski definition) is 5. The molecule has 2 fully saturated rings. The molecule has 0 saturated carbocycles. The lowest BCUT2D eigenvalue weighted by Crippen LogP contribution is -2.59. The Balaban J connectivity index is 0.00000140. The monoisotopic (exact) mass is 430 g/mol. The van der Waals surface area contributed by atoms with Gasteiger partial charge < -0.3 is 19.9 Å². The van der Waals surface area contributed by atoms with Gasteiger partial charge >= 0.3 is 0 Å². The molecule has 0 aromatic heterocycles. The zero-order chi connectivity index (χ0) is 18.1. The second kappa shape index (κ2) is 9.53. The van der Waals surface area contributed by atoms with Crippen LogP contribution < -0.4 is 15.0 Å². The van der Waals surface area contributed by atoms with Gasteiger partial charge in [0.15, 0.2) is 6.10 Å². The lowest BCUT2D eigenvalue weighted by atomic mass is 9.86. The quantitative estimate of drug-likeness (QED) is 0.738. The van der Waals surface area contributed by atoms with E-state index in [0.717, 1.165) is 63.4 Å². The standard InChI is InChI=1S/C20H30N4O2.2ClH/c1-22-14-18(26-17-7-4-3-6-16(17)22)19(25)24-13-5-12-23(2)20(15-24)8-10-21-11-9-20;;/h3-4,6-7,18,21H,5,8-15H2,1-2H3;2*1H. The van der Waals surface area contributed by atoms with Gasteiger partial charge in [-0.2, -0.15) is 0 Å². The van der Waals surface area contributed by atoms with E-state index in [1.165, 1.54) is 0 Å². The molecular formula is C20H32Cl2N4O2. The summed E-state index contributed by atoms with van der Waals surface area (Å²) in [6.45, 7) is 5.36. The molecule has 1 aromatic carbocycles. The van der Waals surface area contributed by atoms with E-state index in [-0.39, 0.29) is 36.3 Å². The molecule has 3 aliphatic rings. The fraction of sp³-hybridized carbons (Fsp3) is 0.650. The van der Waals surface area contributed by atoms with Gasteiger partial charge in [0.05, 0.1) is 12.2 Å². The Morgan fingerprint density at radius 2 is 1.86 bits per heavy atom. The van der Waals surface area contributed by atoms with Crippen molar-refractivity contribution in [1.29, 1.82) is 0 Å². The number of carbonyl (C=O) groups is 1. The number of para-hydroxylation sites is 2. The molecule has 3 heterocycles. The van der Waals surface area contributed by atoms with Crippen molar-refractivity contribution in [1.82, 2.24) is 15.1 Å². The molecule has 8 heteroatoms. The molecule has 2 saturated heterocycles. The lowest BCUT2D eigenvalue weighted by molar-refractivity contribution is -0.140. The summed E-state index contributed by atoms with van der Waals surface area (Å²) in [6, 6.07) is 7.97. The van der Waals surface area contributed by atoms with E-state index in [2.05, 4.69) is 27.1 Å². The van der Waals surface area contributed by atoms with E-state index < -0.39 is 6.10 Å². The van der Waals surface area contributed by atoms with Crippen LogP contribution in [-0.4, -0.2) is 80.7 Å². The molecule has 1 amide bonds. The number of halogens is 2. The van der Waals surface area contributed by atoms with Crippen LogP contribution in [0.3, 0.4) is 0 Å². The minimum absolute atomic E-state index is 0. The van der Waals surface area contributed by atoms with E-state index in [9.17, 15) is 4.79 Å². The Bertz CT molecular complexity index is 669. The number of anilines is 1. The number of benzene rings is 1. The van der Waals surface area contributed by atoms with Crippen LogP contribution in [0.25, 0.3) is 0 Å². The number of fused-ring (bicyclic) bond motifs is 1. The summed E-state index contributed by atoms with van der Waals surface area (Å²) in [6.07, 6.45) is 2.80. The topological polar surface area (TPSA) is 48.1 Å². The van der Waals surface area contributed by atoms with Crippen LogP contribution in [-0.2, 0) is 4.79 Å². The maximum atomic E-state index is 13.3. The SMILES string of the molecule is CN1CC(C(=O)N2CCCN(C)C3(CCNCC3)C2)Oc2ccccc21.Cl.Cl. The average molecular weight is 431 g/mol. The van der Waals surface area contributed by atoms with Crippen molar-refractivity contribution in [2.75, 3.05) is 58.3 Å². The van der Waals surface area contributed by atoms with Crippen LogP contribution in [0, 0.1) is 0 Å². The molecule has 1 spiro atoms. The maximum absolute atomic E-state index is 13.3. The first-order valence-corrected chi connectivity index (χ1v) is 9.77. The normalized spacial score (nSPS) is 24.3. The molecule has 4 rings (SSSR count). The van der Waals surface area contributed by atoms with Gasteiger partial charge in [-0.1, -0.05) is 12.1 Å². The van der Waals surface area contributed by atoms with Gasteiger partial charge in [-0.25, -0.2) is 0 Å². The molecule has 0 aliphatic carbocycles. The molecule has 1 unspecified atom stereocenters. The zero-order valence-electron chi connectivity index (χ0n) is 16.7. The highest BCUT2D eigenvalue weighted by molar-refractivity contribution is 5.85. The summed E-state index contributed by atoms with van der Waals surface area (Å²) >= 11 is 0. The molecule has 0 radical (unpaired) electrons. The van der Waals surface area contributed by atoms with Crippen molar-refractivity contribution < 1.29 is 9.53 Å². The summed E-state index contributed by atoms with van der Waals surface area (Å²) < 4.78 is 6.10. The Kier molecular flexibility index (Phi) is 7.85. The minimum atomic E-state index is -0.419. The van der Waals surface area contributed by atoms with E-state index in [0.29, 0.717) is 6.54 Å². The van der Waals surface area contributed by atoms with Gasteiger partial charge in [-0.15, -0.1) is 24.8 Å². The van der Waals surface area contributed by atoms with Crippen molar-refractivity contribution in [3.63, 3.8) is 0 Å². The summed E-state index contributed by atoms with van der Waals surface area (Å²) in [5.74, 6) is 0.947. The van der Waals surface area contributed by atoms with Gasteiger partial charge in [-0.05, 0) is 51.5 Å². The summed E-state index contributed by atoms with van der Waals surface area (Å²) in [7, 11) is 4.26. The minimum Gasteiger partial charge on any atom is -0.477 e. The summed E-state index contributed by atoms with van der Waals surface area (Å²) in [5, 5.41) is 3.46. The van der Waals surface area contributed by atoms with E-state index in [1.54, 1.807) is 0 Å². The van der Waals surface area contributed by atoms with Gasteiger partial charge in [0.2, 0.25) is 0 Å². The Morgan fingerprint density at radius 1 is 1.14 bits per heavy atom. The van der Waals surface area contributed by atoms with Crippen LogP contribution in [0.4, 0.5) is 5.69 Å². The highest BCUT2D eigenvalue weighted by atomic mass is 35.5. The third kappa shape index (κ3) is 4.35. The third-order valence-corrected chi connectivity index (χ3v) is 6.32. The number of piperidine rings is 1. The van der Waals surface area contributed by atoms with Crippen molar-refractivity contribution in [3.8, 4) is 5.75 Å². The Morgan fingerprint density at radius 3 is 2.61 bits per heavy atom. The molecular weight excluding hydrogens is 399 g/mol. The van der Waals surface area contributed by atoms with Gasteiger partial charge in [0.1, 0.15) is 5.75 Å². The summed E-state index contributed by atoms with van der Waals surface area (Å²) in [5.41, 5.74) is 1.16. The predicted molar refractivity (Wildman–Crippen MR) is 117 cm³/mol. The number of amides is 1. The van der Waals surface area contributed by atoms with Gasteiger partial charge in [0.25, 0.3) is 5.91 Å². The number of hydrogen-bond donors (Lipinski definition) is 1. The van der Waals surface area contributed by atoms with Crippen molar-refractivity contribution >= 4 is 36.4 Å². The van der Waals surface area contributed by atoms with Crippen LogP contribution in [0.1, 0.15) is 19.3 Å². The van der Waals surface area contributed by atoms with Gasteiger partial charge in [0, 0.05) is 32.2 Å². The molecule has 0 bridgehead atoms. The highest BCUT2D eigenvalue weighted by Crippen LogP contribution is 2.33. The average Bonchev–Trinajstić information content (AvgIpc) is 2.81. The number of nitrogens with one attached hydrogen (secondary N) is 1. The maximum Gasteiger partial charge on any atom is 0.265 e. The molecule has 28 heavy (non-hydrogen) atoms. The second-order valence-electron chi connectivity index (χ2n) is 7.96. The number of ether oxygens (including phenoxy) is 1. The molecule has 6 nitrogen and oxygen atoms in total. The summed E-state index contributed by atoms with van der Waals surface area (Å²) in [4.78, 5) is 20.0. The first-order chi connectivity index (χ1) is 12.6.